The van der Waals surface area contributed by atoms with Gasteiger partial charge in [0.25, 0.3) is 5.56 Å². The Bertz CT molecular complexity index is 1120. The van der Waals surface area contributed by atoms with Crippen molar-refractivity contribution >= 4 is 28.1 Å². The third-order valence-corrected chi connectivity index (χ3v) is 5.16. The number of anilines is 1. The summed E-state index contributed by atoms with van der Waals surface area (Å²) in [5.74, 6) is 0. The van der Waals surface area contributed by atoms with E-state index in [2.05, 4.69) is 5.32 Å². The number of rotatable bonds is 3. The van der Waals surface area contributed by atoms with Crippen LogP contribution in [0, 0.1) is 13.8 Å². The standard InChI is InChI=1S/C21H20ClF3N2O/c1-11-5-6-18(17(9-11)21(23,24)25)26-13(3)14-7-12(2)8-16-15(14)10-19(22)27(4)20(16)28/h5-10,13,26H,1-4H3/t13-/m1/s1. The van der Waals surface area contributed by atoms with Gasteiger partial charge in [0.15, 0.2) is 0 Å². The number of pyridine rings is 1. The highest BCUT2D eigenvalue weighted by atomic mass is 35.5. The molecule has 0 aliphatic heterocycles. The number of aryl methyl sites for hydroxylation is 2. The van der Waals surface area contributed by atoms with Crippen LogP contribution >= 0.6 is 11.6 Å². The van der Waals surface area contributed by atoms with Crippen LogP contribution in [0.3, 0.4) is 0 Å². The van der Waals surface area contributed by atoms with Gasteiger partial charge in [-0.2, -0.15) is 13.2 Å². The quantitative estimate of drug-likeness (QED) is 0.539. The van der Waals surface area contributed by atoms with E-state index < -0.39 is 17.8 Å². The highest BCUT2D eigenvalue weighted by Gasteiger charge is 2.34. The van der Waals surface area contributed by atoms with Crippen molar-refractivity contribution < 1.29 is 13.2 Å². The average Bonchev–Trinajstić information content (AvgIpc) is 2.60. The van der Waals surface area contributed by atoms with E-state index in [1.807, 2.05) is 13.0 Å². The summed E-state index contributed by atoms with van der Waals surface area (Å²) >= 11 is 6.17. The van der Waals surface area contributed by atoms with E-state index >= 15 is 0 Å². The number of fused-ring (bicyclic) bond motifs is 1. The molecule has 148 valence electrons. The predicted molar refractivity (Wildman–Crippen MR) is 107 cm³/mol. The van der Waals surface area contributed by atoms with Gasteiger partial charge in [-0.1, -0.05) is 29.3 Å². The zero-order chi connectivity index (χ0) is 20.8. The summed E-state index contributed by atoms with van der Waals surface area (Å²) in [5, 5.41) is 4.33. The fraction of sp³-hybridized carbons (Fsp3) is 0.286. The summed E-state index contributed by atoms with van der Waals surface area (Å²) in [6, 6.07) is 8.99. The van der Waals surface area contributed by atoms with Crippen molar-refractivity contribution in [1.29, 1.82) is 0 Å². The van der Waals surface area contributed by atoms with Gasteiger partial charge in [0, 0.05) is 24.2 Å². The molecule has 0 radical (unpaired) electrons. The van der Waals surface area contributed by atoms with Crippen molar-refractivity contribution in [1.82, 2.24) is 4.57 Å². The van der Waals surface area contributed by atoms with Crippen LogP contribution in [0.4, 0.5) is 18.9 Å². The van der Waals surface area contributed by atoms with Crippen molar-refractivity contribution in [2.24, 2.45) is 7.05 Å². The Labute approximate surface area is 165 Å². The molecular weight excluding hydrogens is 389 g/mol. The van der Waals surface area contributed by atoms with Crippen LogP contribution in [0.5, 0.6) is 0 Å². The van der Waals surface area contributed by atoms with E-state index in [0.717, 1.165) is 11.6 Å². The number of benzene rings is 2. The minimum absolute atomic E-state index is 0.00446. The van der Waals surface area contributed by atoms with Gasteiger partial charge >= 0.3 is 6.18 Å². The van der Waals surface area contributed by atoms with Crippen molar-refractivity contribution in [3.8, 4) is 0 Å². The minimum Gasteiger partial charge on any atom is -0.378 e. The number of nitrogens with zero attached hydrogens (tertiary/aromatic N) is 1. The fourth-order valence-electron chi connectivity index (χ4n) is 3.35. The zero-order valence-corrected chi connectivity index (χ0v) is 16.7. The van der Waals surface area contributed by atoms with Gasteiger partial charge in [0.1, 0.15) is 5.15 Å². The first-order valence-corrected chi connectivity index (χ1v) is 9.11. The molecule has 0 aliphatic carbocycles. The first-order chi connectivity index (χ1) is 13.0. The number of hydrogen-bond acceptors (Lipinski definition) is 2. The maximum absolute atomic E-state index is 13.4. The average molecular weight is 409 g/mol. The molecule has 0 bridgehead atoms. The third-order valence-electron chi connectivity index (χ3n) is 4.79. The highest BCUT2D eigenvalue weighted by Crippen LogP contribution is 2.37. The Hall–Kier alpha value is -2.47. The summed E-state index contributed by atoms with van der Waals surface area (Å²) in [6.07, 6.45) is -4.47. The van der Waals surface area contributed by atoms with Crippen LogP contribution < -0.4 is 10.9 Å². The van der Waals surface area contributed by atoms with E-state index in [4.69, 9.17) is 11.6 Å². The van der Waals surface area contributed by atoms with Crippen molar-refractivity contribution in [2.75, 3.05) is 5.32 Å². The summed E-state index contributed by atoms with van der Waals surface area (Å²) < 4.78 is 41.7. The smallest absolute Gasteiger partial charge is 0.378 e. The molecule has 1 aromatic heterocycles. The first kappa shape index (κ1) is 20.3. The molecule has 1 atom stereocenters. The van der Waals surface area contributed by atoms with Crippen LogP contribution in [0.2, 0.25) is 5.15 Å². The molecule has 0 fully saturated rings. The van der Waals surface area contributed by atoms with E-state index in [0.29, 0.717) is 21.9 Å². The lowest BCUT2D eigenvalue weighted by Crippen LogP contribution is -2.19. The van der Waals surface area contributed by atoms with Crippen LogP contribution in [0.15, 0.2) is 41.2 Å². The lowest BCUT2D eigenvalue weighted by molar-refractivity contribution is -0.137. The fourth-order valence-corrected chi connectivity index (χ4v) is 3.53. The number of hydrogen-bond donors (Lipinski definition) is 1. The first-order valence-electron chi connectivity index (χ1n) is 8.73. The summed E-state index contributed by atoms with van der Waals surface area (Å²) in [7, 11) is 1.58. The van der Waals surface area contributed by atoms with Gasteiger partial charge in [0.05, 0.1) is 5.56 Å². The lowest BCUT2D eigenvalue weighted by Gasteiger charge is -2.22. The Morgan fingerprint density at radius 2 is 1.71 bits per heavy atom. The largest absolute Gasteiger partial charge is 0.418 e. The van der Waals surface area contributed by atoms with Gasteiger partial charge in [-0.05, 0) is 61.5 Å². The SMILES string of the molecule is Cc1ccc(N[C@H](C)c2cc(C)cc3c(=O)n(C)c(Cl)cc23)c(C(F)(F)F)c1. The maximum Gasteiger partial charge on any atom is 0.418 e. The third kappa shape index (κ3) is 3.74. The topological polar surface area (TPSA) is 34.0 Å². The molecule has 28 heavy (non-hydrogen) atoms. The number of nitrogens with one attached hydrogen (secondary N) is 1. The lowest BCUT2D eigenvalue weighted by atomic mass is 9.97. The molecule has 3 rings (SSSR count). The van der Waals surface area contributed by atoms with Crippen molar-refractivity contribution in [3.05, 3.63) is 74.2 Å². The van der Waals surface area contributed by atoms with E-state index in [1.54, 1.807) is 39.1 Å². The Morgan fingerprint density at radius 3 is 2.36 bits per heavy atom. The minimum atomic E-state index is -4.47. The predicted octanol–water partition coefficient (Wildman–Crippen LogP) is 6.00. The number of aromatic nitrogens is 1. The van der Waals surface area contributed by atoms with Gasteiger partial charge in [-0.25, -0.2) is 0 Å². The molecule has 0 saturated heterocycles. The highest BCUT2D eigenvalue weighted by molar-refractivity contribution is 6.30. The summed E-state index contributed by atoms with van der Waals surface area (Å²) in [4.78, 5) is 12.6. The Balaban J connectivity index is 2.14. The van der Waals surface area contributed by atoms with E-state index in [9.17, 15) is 18.0 Å². The molecule has 0 spiro atoms. The van der Waals surface area contributed by atoms with Crippen molar-refractivity contribution in [2.45, 2.75) is 33.0 Å². The molecule has 0 aliphatic rings. The van der Waals surface area contributed by atoms with Crippen LogP contribution in [-0.2, 0) is 13.2 Å². The normalized spacial score (nSPS) is 13.0. The Morgan fingerprint density at radius 1 is 1.04 bits per heavy atom. The van der Waals surface area contributed by atoms with Crippen molar-refractivity contribution in [3.63, 3.8) is 0 Å². The molecular formula is C21H20ClF3N2O. The molecule has 1 heterocycles. The molecule has 1 N–H and O–H groups in total. The molecule has 7 heteroatoms. The van der Waals surface area contributed by atoms with E-state index in [-0.39, 0.29) is 16.4 Å². The second kappa shape index (κ2) is 7.17. The molecule has 0 amide bonds. The zero-order valence-electron chi connectivity index (χ0n) is 15.9. The van der Waals surface area contributed by atoms with E-state index in [1.165, 1.54) is 10.6 Å². The Kier molecular flexibility index (Phi) is 5.19. The van der Waals surface area contributed by atoms with Crippen LogP contribution in [0.25, 0.3) is 10.8 Å². The summed E-state index contributed by atoms with van der Waals surface area (Å²) in [5.41, 5.74) is 1.12. The van der Waals surface area contributed by atoms with Gasteiger partial charge in [0.2, 0.25) is 0 Å². The van der Waals surface area contributed by atoms with Gasteiger partial charge < -0.3 is 9.88 Å². The molecule has 3 aromatic rings. The summed E-state index contributed by atoms with van der Waals surface area (Å²) in [6.45, 7) is 5.23. The second-order valence-corrected chi connectivity index (χ2v) is 7.45. The number of halogens is 4. The number of alkyl halides is 3. The maximum atomic E-state index is 13.4. The monoisotopic (exact) mass is 408 g/mol. The van der Waals surface area contributed by atoms with Crippen LogP contribution in [0.1, 0.15) is 35.2 Å². The van der Waals surface area contributed by atoms with Gasteiger partial charge in [-0.15, -0.1) is 0 Å². The molecule has 0 unspecified atom stereocenters. The van der Waals surface area contributed by atoms with Crippen LogP contribution in [-0.4, -0.2) is 4.57 Å². The van der Waals surface area contributed by atoms with Gasteiger partial charge in [-0.3, -0.25) is 4.79 Å². The molecule has 0 saturated carbocycles. The molecule has 3 nitrogen and oxygen atoms in total. The molecule has 2 aromatic carbocycles. The second-order valence-electron chi connectivity index (χ2n) is 7.06.